The summed E-state index contributed by atoms with van der Waals surface area (Å²) < 4.78 is 10.4. The molecule has 1 aliphatic heterocycles. The third-order valence-corrected chi connectivity index (χ3v) is 1.98. The fourth-order valence-corrected chi connectivity index (χ4v) is 1.14. The maximum absolute atomic E-state index is 9.36. The van der Waals surface area contributed by atoms with E-state index in [-0.39, 0.29) is 6.54 Å². The quantitative estimate of drug-likeness (QED) is 0.415. The molecule has 0 fully saturated rings. The van der Waals surface area contributed by atoms with Crippen LogP contribution in [-0.2, 0) is 9.47 Å². The van der Waals surface area contributed by atoms with Crippen molar-refractivity contribution in [3.63, 3.8) is 0 Å². The van der Waals surface area contributed by atoms with E-state index in [4.69, 9.17) is 15.0 Å². The third kappa shape index (κ3) is 3.16. The van der Waals surface area contributed by atoms with Crippen molar-refractivity contribution in [2.45, 2.75) is 31.7 Å². The van der Waals surface area contributed by atoms with Gasteiger partial charge in [0.05, 0.1) is 12.6 Å². The number of azide groups is 1. The van der Waals surface area contributed by atoms with Crippen molar-refractivity contribution in [2.75, 3.05) is 6.54 Å². The standard InChI is InChI=1S/C8H13N3O3/c1-8(13-4-5-14-8)3-2-7(12)6-10-11-9/h4-5,7,12H,2-3,6H2,1H3. The second-order valence-electron chi connectivity index (χ2n) is 3.25. The largest absolute Gasteiger partial charge is 0.457 e. The van der Waals surface area contributed by atoms with Crippen molar-refractivity contribution < 1.29 is 14.6 Å². The number of ether oxygens (including phenoxy) is 2. The number of aliphatic hydroxyl groups is 1. The number of aliphatic hydroxyl groups excluding tert-OH is 1. The van der Waals surface area contributed by atoms with E-state index in [9.17, 15) is 5.11 Å². The highest BCUT2D eigenvalue weighted by Crippen LogP contribution is 2.25. The molecule has 1 rings (SSSR count). The Morgan fingerprint density at radius 3 is 2.79 bits per heavy atom. The molecule has 0 radical (unpaired) electrons. The summed E-state index contributed by atoms with van der Waals surface area (Å²) in [7, 11) is 0. The van der Waals surface area contributed by atoms with Crippen molar-refractivity contribution in [3.8, 4) is 0 Å². The molecule has 0 spiro atoms. The Bertz CT molecular complexity index is 253. The first-order valence-corrected chi connectivity index (χ1v) is 4.36. The highest BCUT2D eigenvalue weighted by atomic mass is 16.7. The zero-order chi connectivity index (χ0) is 10.4. The van der Waals surface area contributed by atoms with Gasteiger partial charge in [0.1, 0.15) is 12.5 Å². The van der Waals surface area contributed by atoms with Gasteiger partial charge in [-0.2, -0.15) is 0 Å². The van der Waals surface area contributed by atoms with Crippen LogP contribution in [0.15, 0.2) is 17.6 Å². The Hall–Kier alpha value is -1.39. The Balaban J connectivity index is 2.22. The molecule has 78 valence electrons. The van der Waals surface area contributed by atoms with Gasteiger partial charge in [0.2, 0.25) is 5.79 Å². The molecule has 0 bridgehead atoms. The zero-order valence-electron chi connectivity index (χ0n) is 7.96. The number of hydrogen-bond donors (Lipinski definition) is 1. The monoisotopic (exact) mass is 199 g/mol. The summed E-state index contributed by atoms with van der Waals surface area (Å²) in [6.07, 6.45) is 3.31. The topological polar surface area (TPSA) is 87.5 Å². The van der Waals surface area contributed by atoms with E-state index in [0.29, 0.717) is 12.8 Å². The van der Waals surface area contributed by atoms with E-state index in [1.165, 1.54) is 12.5 Å². The lowest BCUT2D eigenvalue weighted by atomic mass is 10.1. The Kier molecular flexibility index (Phi) is 3.62. The lowest BCUT2D eigenvalue weighted by molar-refractivity contribution is -0.135. The van der Waals surface area contributed by atoms with Crippen molar-refractivity contribution in [2.24, 2.45) is 5.11 Å². The van der Waals surface area contributed by atoms with E-state index >= 15 is 0 Å². The first-order chi connectivity index (χ1) is 6.66. The maximum atomic E-state index is 9.36. The Morgan fingerprint density at radius 1 is 1.57 bits per heavy atom. The summed E-state index contributed by atoms with van der Waals surface area (Å²) in [5, 5.41) is 12.6. The van der Waals surface area contributed by atoms with Crippen LogP contribution < -0.4 is 0 Å². The Morgan fingerprint density at radius 2 is 2.21 bits per heavy atom. The SMILES string of the molecule is CC1(CCC(O)CN=[N+]=[N-])OC=CO1. The summed E-state index contributed by atoms with van der Waals surface area (Å²) in [5.74, 6) is -0.683. The maximum Gasteiger partial charge on any atom is 0.247 e. The second-order valence-corrected chi connectivity index (χ2v) is 3.25. The second kappa shape index (κ2) is 4.74. The summed E-state index contributed by atoms with van der Waals surface area (Å²) in [4.78, 5) is 2.56. The molecule has 0 aromatic carbocycles. The van der Waals surface area contributed by atoms with Crippen molar-refractivity contribution >= 4 is 0 Å². The predicted molar refractivity (Wildman–Crippen MR) is 49.0 cm³/mol. The van der Waals surface area contributed by atoms with Crippen LogP contribution in [0.25, 0.3) is 10.4 Å². The van der Waals surface area contributed by atoms with Gasteiger partial charge >= 0.3 is 0 Å². The van der Waals surface area contributed by atoms with Gasteiger partial charge in [0.15, 0.2) is 0 Å². The van der Waals surface area contributed by atoms with Crippen LogP contribution in [0.5, 0.6) is 0 Å². The number of hydrogen-bond acceptors (Lipinski definition) is 4. The Labute approximate surface area is 81.8 Å². The van der Waals surface area contributed by atoms with Crippen LogP contribution >= 0.6 is 0 Å². The van der Waals surface area contributed by atoms with E-state index in [0.717, 1.165) is 0 Å². The number of rotatable bonds is 5. The van der Waals surface area contributed by atoms with Crippen LogP contribution in [0.4, 0.5) is 0 Å². The molecule has 0 saturated heterocycles. The van der Waals surface area contributed by atoms with Crippen molar-refractivity contribution in [1.82, 2.24) is 0 Å². The van der Waals surface area contributed by atoms with Crippen LogP contribution in [0.3, 0.4) is 0 Å². The van der Waals surface area contributed by atoms with Gasteiger partial charge < -0.3 is 14.6 Å². The molecule has 0 aromatic rings. The van der Waals surface area contributed by atoms with Crippen molar-refractivity contribution in [3.05, 3.63) is 23.0 Å². The molecular formula is C8H13N3O3. The van der Waals surface area contributed by atoms with E-state index in [1.54, 1.807) is 6.92 Å². The number of nitrogens with zero attached hydrogens (tertiary/aromatic N) is 3. The summed E-state index contributed by atoms with van der Waals surface area (Å²) >= 11 is 0. The zero-order valence-corrected chi connectivity index (χ0v) is 7.96. The lowest BCUT2D eigenvalue weighted by Crippen LogP contribution is -2.27. The van der Waals surface area contributed by atoms with Gasteiger partial charge in [-0.3, -0.25) is 0 Å². The van der Waals surface area contributed by atoms with Gasteiger partial charge in [0, 0.05) is 18.3 Å². The molecule has 1 unspecified atom stereocenters. The first kappa shape index (κ1) is 10.7. The van der Waals surface area contributed by atoms with Crippen LogP contribution in [-0.4, -0.2) is 23.5 Å². The highest BCUT2D eigenvalue weighted by molar-refractivity contribution is 4.81. The molecule has 1 atom stereocenters. The van der Waals surface area contributed by atoms with Crippen LogP contribution in [0, 0.1) is 0 Å². The molecule has 0 amide bonds. The summed E-state index contributed by atoms with van der Waals surface area (Å²) in [6.45, 7) is 1.87. The molecule has 0 saturated carbocycles. The molecular weight excluding hydrogens is 186 g/mol. The molecule has 14 heavy (non-hydrogen) atoms. The molecule has 6 heteroatoms. The normalized spacial score (nSPS) is 19.3. The fraction of sp³-hybridized carbons (Fsp3) is 0.750. The minimum atomic E-state index is -0.683. The lowest BCUT2D eigenvalue weighted by Gasteiger charge is -2.23. The van der Waals surface area contributed by atoms with Gasteiger partial charge in [-0.25, -0.2) is 0 Å². The molecule has 1 heterocycles. The summed E-state index contributed by atoms with van der Waals surface area (Å²) in [6, 6.07) is 0. The van der Waals surface area contributed by atoms with Crippen molar-refractivity contribution in [1.29, 1.82) is 0 Å². The van der Waals surface area contributed by atoms with Gasteiger partial charge in [0.25, 0.3) is 0 Å². The van der Waals surface area contributed by atoms with E-state index in [1.807, 2.05) is 0 Å². The van der Waals surface area contributed by atoms with E-state index in [2.05, 4.69) is 10.0 Å². The molecule has 1 N–H and O–H groups in total. The van der Waals surface area contributed by atoms with Gasteiger partial charge in [-0.05, 0) is 12.0 Å². The molecule has 6 nitrogen and oxygen atoms in total. The average Bonchev–Trinajstić information content (AvgIpc) is 2.60. The van der Waals surface area contributed by atoms with E-state index < -0.39 is 11.9 Å². The molecule has 0 aliphatic carbocycles. The minimum absolute atomic E-state index is 0.0833. The molecule has 1 aliphatic rings. The predicted octanol–water partition coefficient (Wildman–Crippen LogP) is 1.67. The van der Waals surface area contributed by atoms with Crippen LogP contribution in [0.2, 0.25) is 0 Å². The van der Waals surface area contributed by atoms with Crippen LogP contribution in [0.1, 0.15) is 19.8 Å². The van der Waals surface area contributed by atoms with Gasteiger partial charge in [-0.15, -0.1) is 0 Å². The smallest absolute Gasteiger partial charge is 0.247 e. The average molecular weight is 199 g/mol. The first-order valence-electron chi connectivity index (χ1n) is 4.36. The highest BCUT2D eigenvalue weighted by Gasteiger charge is 2.29. The summed E-state index contributed by atoms with van der Waals surface area (Å²) in [5.41, 5.74) is 8.03. The minimum Gasteiger partial charge on any atom is -0.457 e. The third-order valence-electron chi connectivity index (χ3n) is 1.98. The van der Waals surface area contributed by atoms with Gasteiger partial charge in [-0.1, -0.05) is 5.11 Å². The molecule has 0 aromatic heterocycles. The fourth-order valence-electron chi connectivity index (χ4n) is 1.14.